The average molecular weight is 484 g/mol. The van der Waals surface area contributed by atoms with Crippen molar-refractivity contribution in [2.24, 2.45) is 0 Å². The number of amides is 1. The van der Waals surface area contributed by atoms with Crippen LogP contribution in [-0.2, 0) is 21.2 Å². The Morgan fingerprint density at radius 1 is 1.12 bits per heavy atom. The minimum absolute atomic E-state index is 0.0603. The molecule has 34 heavy (non-hydrogen) atoms. The van der Waals surface area contributed by atoms with Gasteiger partial charge in [-0.2, -0.15) is 4.31 Å². The molecule has 0 radical (unpaired) electrons. The molecule has 1 N–H and O–H groups in total. The molecule has 1 amide bonds. The summed E-state index contributed by atoms with van der Waals surface area (Å²) in [5.74, 6) is 1.11. The highest BCUT2D eigenvalue weighted by molar-refractivity contribution is 7.89. The zero-order valence-electron chi connectivity index (χ0n) is 19.4. The van der Waals surface area contributed by atoms with E-state index >= 15 is 0 Å². The molecule has 4 rings (SSSR count). The number of sulfonamides is 1. The molecule has 1 aliphatic rings. The second kappa shape index (κ2) is 10.4. The molecule has 3 aromatic rings. The number of carbonyl (C=O) groups excluding carboxylic acids is 1. The van der Waals surface area contributed by atoms with Gasteiger partial charge in [0.25, 0.3) is 0 Å². The SMILES string of the molecule is COc1ccc(NC(=O)CCc2ncc(-c3ccc(C)cc3)o2)cc1S(=O)(=O)N1CCCCC1. The Balaban J connectivity index is 1.41. The van der Waals surface area contributed by atoms with Crippen molar-refractivity contribution < 1.29 is 22.4 Å². The van der Waals surface area contributed by atoms with E-state index in [-0.39, 0.29) is 23.0 Å². The number of anilines is 1. The lowest BCUT2D eigenvalue weighted by Crippen LogP contribution is -2.35. The van der Waals surface area contributed by atoms with E-state index in [1.165, 1.54) is 17.5 Å². The van der Waals surface area contributed by atoms with Crippen molar-refractivity contribution in [1.82, 2.24) is 9.29 Å². The molecule has 0 spiro atoms. The van der Waals surface area contributed by atoms with Gasteiger partial charge in [-0.25, -0.2) is 13.4 Å². The highest BCUT2D eigenvalue weighted by atomic mass is 32.2. The molecule has 1 aliphatic heterocycles. The van der Waals surface area contributed by atoms with Crippen molar-refractivity contribution in [3.05, 3.63) is 60.1 Å². The zero-order valence-corrected chi connectivity index (χ0v) is 20.2. The molecule has 0 bridgehead atoms. The molecule has 2 aromatic carbocycles. The van der Waals surface area contributed by atoms with E-state index in [1.807, 2.05) is 31.2 Å². The number of rotatable bonds is 8. The summed E-state index contributed by atoms with van der Waals surface area (Å²) in [4.78, 5) is 16.9. The third kappa shape index (κ3) is 5.48. The van der Waals surface area contributed by atoms with Gasteiger partial charge in [0.05, 0.1) is 13.3 Å². The van der Waals surface area contributed by atoms with E-state index in [2.05, 4.69) is 10.3 Å². The number of nitrogens with one attached hydrogen (secondary N) is 1. The standard InChI is InChI=1S/C25H29N3O5S/c1-18-6-8-19(9-7-18)22-17-26-25(33-22)13-12-24(29)27-20-10-11-21(32-2)23(16-20)34(30,31)28-14-4-3-5-15-28/h6-11,16-17H,3-5,12-15H2,1-2H3,(H,27,29). The number of methoxy groups -OCH3 is 1. The first kappa shape index (κ1) is 24.0. The van der Waals surface area contributed by atoms with Crippen molar-refractivity contribution in [3.63, 3.8) is 0 Å². The van der Waals surface area contributed by atoms with Gasteiger partial charge in [0.1, 0.15) is 10.6 Å². The Bertz CT molecular complexity index is 1250. The van der Waals surface area contributed by atoms with Crippen molar-refractivity contribution in [2.75, 3.05) is 25.5 Å². The van der Waals surface area contributed by atoms with Crippen LogP contribution in [0.5, 0.6) is 5.75 Å². The second-order valence-electron chi connectivity index (χ2n) is 8.36. The smallest absolute Gasteiger partial charge is 0.246 e. The van der Waals surface area contributed by atoms with Crippen LogP contribution in [0.1, 0.15) is 37.1 Å². The van der Waals surface area contributed by atoms with E-state index in [4.69, 9.17) is 9.15 Å². The molecule has 2 heterocycles. The van der Waals surface area contributed by atoms with Crippen LogP contribution >= 0.6 is 0 Å². The molecule has 1 fully saturated rings. The minimum Gasteiger partial charge on any atom is -0.495 e. The molecule has 8 nitrogen and oxygen atoms in total. The monoisotopic (exact) mass is 483 g/mol. The first-order valence-electron chi connectivity index (χ1n) is 11.4. The van der Waals surface area contributed by atoms with Gasteiger partial charge in [-0.3, -0.25) is 4.79 Å². The highest BCUT2D eigenvalue weighted by Gasteiger charge is 2.29. The van der Waals surface area contributed by atoms with Gasteiger partial charge in [-0.1, -0.05) is 36.2 Å². The summed E-state index contributed by atoms with van der Waals surface area (Å²) in [6.07, 6.45) is 4.82. The topological polar surface area (TPSA) is 102 Å². The molecule has 1 saturated heterocycles. The van der Waals surface area contributed by atoms with Crippen LogP contribution in [0.15, 0.2) is 58.0 Å². The van der Waals surface area contributed by atoms with E-state index in [9.17, 15) is 13.2 Å². The Morgan fingerprint density at radius 2 is 1.85 bits per heavy atom. The predicted molar refractivity (Wildman–Crippen MR) is 129 cm³/mol. The average Bonchev–Trinajstić information content (AvgIpc) is 3.33. The van der Waals surface area contributed by atoms with Crippen molar-refractivity contribution >= 4 is 21.6 Å². The molecular formula is C25H29N3O5S. The van der Waals surface area contributed by atoms with Gasteiger partial charge < -0.3 is 14.5 Å². The fraction of sp³-hybridized carbons (Fsp3) is 0.360. The number of aryl methyl sites for hydroxylation is 2. The lowest BCUT2D eigenvalue weighted by molar-refractivity contribution is -0.116. The van der Waals surface area contributed by atoms with E-state index in [1.54, 1.807) is 18.3 Å². The predicted octanol–water partition coefficient (Wildman–Crippen LogP) is 4.40. The first-order valence-corrected chi connectivity index (χ1v) is 12.8. The van der Waals surface area contributed by atoms with Crippen LogP contribution in [0.3, 0.4) is 0 Å². The van der Waals surface area contributed by atoms with E-state index in [0.717, 1.165) is 30.4 Å². The number of hydrogen-bond acceptors (Lipinski definition) is 6. The number of aromatic nitrogens is 1. The lowest BCUT2D eigenvalue weighted by Gasteiger charge is -2.26. The number of nitrogens with zero attached hydrogens (tertiary/aromatic N) is 2. The Kier molecular flexibility index (Phi) is 7.33. The summed E-state index contributed by atoms with van der Waals surface area (Å²) < 4.78 is 38.9. The maximum Gasteiger partial charge on any atom is 0.246 e. The zero-order chi connectivity index (χ0) is 24.1. The molecule has 0 saturated carbocycles. The van der Waals surface area contributed by atoms with Crippen LogP contribution in [0.25, 0.3) is 11.3 Å². The van der Waals surface area contributed by atoms with Crippen LogP contribution in [0.4, 0.5) is 5.69 Å². The molecule has 180 valence electrons. The molecule has 9 heteroatoms. The first-order chi connectivity index (χ1) is 16.4. The van der Waals surface area contributed by atoms with Gasteiger partial charge in [0.15, 0.2) is 11.7 Å². The molecule has 0 atom stereocenters. The normalized spacial score (nSPS) is 14.6. The summed E-state index contributed by atoms with van der Waals surface area (Å²) in [6.45, 7) is 2.99. The molecular weight excluding hydrogens is 454 g/mol. The number of benzene rings is 2. The Hall–Kier alpha value is -3.17. The second-order valence-corrected chi connectivity index (χ2v) is 10.3. The minimum atomic E-state index is -3.71. The summed E-state index contributed by atoms with van der Waals surface area (Å²) in [5, 5.41) is 2.78. The Labute approximate surface area is 200 Å². The molecule has 0 aliphatic carbocycles. The van der Waals surface area contributed by atoms with Crippen molar-refractivity contribution in [2.45, 2.75) is 43.9 Å². The maximum absolute atomic E-state index is 13.2. The maximum atomic E-state index is 13.2. The van der Waals surface area contributed by atoms with E-state index in [0.29, 0.717) is 36.8 Å². The van der Waals surface area contributed by atoms with Gasteiger partial charge >= 0.3 is 0 Å². The summed E-state index contributed by atoms with van der Waals surface area (Å²) >= 11 is 0. The fourth-order valence-electron chi connectivity index (χ4n) is 3.92. The van der Waals surface area contributed by atoms with Gasteiger partial charge in [0.2, 0.25) is 15.9 Å². The van der Waals surface area contributed by atoms with Crippen LogP contribution in [0.2, 0.25) is 0 Å². The number of oxazole rings is 1. The largest absolute Gasteiger partial charge is 0.495 e. The van der Waals surface area contributed by atoms with Crippen LogP contribution in [-0.4, -0.2) is 43.8 Å². The number of piperidine rings is 1. The summed E-state index contributed by atoms with van der Waals surface area (Å²) in [6, 6.07) is 12.6. The Morgan fingerprint density at radius 3 is 2.56 bits per heavy atom. The third-order valence-corrected chi connectivity index (χ3v) is 7.76. The number of hydrogen-bond donors (Lipinski definition) is 1. The fourth-order valence-corrected chi connectivity index (χ4v) is 5.62. The van der Waals surface area contributed by atoms with Gasteiger partial charge in [0, 0.05) is 37.2 Å². The molecule has 0 unspecified atom stereocenters. The van der Waals surface area contributed by atoms with Crippen molar-refractivity contribution in [3.8, 4) is 17.1 Å². The van der Waals surface area contributed by atoms with Crippen LogP contribution < -0.4 is 10.1 Å². The lowest BCUT2D eigenvalue weighted by atomic mass is 10.1. The van der Waals surface area contributed by atoms with E-state index < -0.39 is 10.0 Å². The molecule has 1 aromatic heterocycles. The summed E-state index contributed by atoms with van der Waals surface area (Å²) in [7, 11) is -2.28. The quantitative estimate of drug-likeness (QED) is 0.509. The van der Waals surface area contributed by atoms with Crippen molar-refractivity contribution in [1.29, 1.82) is 0 Å². The van der Waals surface area contributed by atoms with Gasteiger partial charge in [-0.05, 0) is 38.0 Å². The summed E-state index contributed by atoms with van der Waals surface area (Å²) in [5.41, 5.74) is 2.48. The van der Waals surface area contributed by atoms with Gasteiger partial charge in [-0.15, -0.1) is 0 Å². The number of carbonyl (C=O) groups is 1. The third-order valence-electron chi connectivity index (χ3n) is 5.84. The number of ether oxygens (including phenoxy) is 1. The highest BCUT2D eigenvalue weighted by Crippen LogP contribution is 2.31. The van der Waals surface area contributed by atoms with Crippen LogP contribution in [0, 0.1) is 6.92 Å².